The maximum Gasteiger partial charge on any atom is 0.262 e. The second-order valence-corrected chi connectivity index (χ2v) is 6.97. The van der Waals surface area contributed by atoms with Gasteiger partial charge in [0, 0.05) is 13.0 Å². The van der Waals surface area contributed by atoms with E-state index in [0.29, 0.717) is 18.0 Å². The average molecular weight is 314 g/mol. The molecule has 1 aliphatic heterocycles. The van der Waals surface area contributed by atoms with Crippen molar-refractivity contribution in [3.63, 3.8) is 0 Å². The quantitative estimate of drug-likeness (QED) is 0.577. The third-order valence-corrected chi connectivity index (χ3v) is 4.50. The summed E-state index contributed by atoms with van der Waals surface area (Å²) < 4.78 is 32.1. The molecule has 1 aromatic rings. The normalized spacial score (nSPS) is 14.5. The van der Waals surface area contributed by atoms with Crippen LogP contribution in [0.1, 0.15) is 6.42 Å². The Kier molecular flexibility index (Phi) is 4.81. The number of quaternary nitrogens is 1. The third-order valence-electron chi connectivity index (χ3n) is 3.04. The molecule has 1 amide bonds. The number of amides is 1. The van der Waals surface area contributed by atoms with Crippen molar-refractivity contribution in [1.82, 2.24) is 4.72 Å². The molecule has 0 radical (unpaired) electrons. The van der Waals surface area contributed by atoms with Crippen molar-refractivity contribution < 1.29 is 22.8 Å². The Balaban J connectivity index is 2.06. The lowest BCUT2D eigenvalue weighted by Crippen LogP contribution is -3.05. The van der Waals surface area contributed by atoms with Crippen LogP contribution in [0.5, 0.6) is 5.75 Å². The topological polar surface area (TPSA) is 88.9 Å². The molecule has 0 unspecified atom stereocenters. The summed E-state index contributed by atoms with van der Waals surface area (Å²) in [5, 5.41) is 2.60. The first kappa shape index (κ1) is 15.7. The summed E-state index contributed by atoms with van der Waals surface area (Å²) in [4.78, 5) is 12.6. The molecular weight excluding hydrogens is 294 g/mol. The van der Waals surface area contributed by atoms with E-state index in [1.807, 2.05) is 14.1 Å². The Hall–Kier alpha value is -1.64. The molecular formula is C13H20N3O4S+. The van der Waals surface area contributed by atoms with E-state index < -0.39 is 10.0 Å². The number of nitrogens with one attached hydrogen (secondary N) is 3. The summed E-state index contributed by atoms with van der Waals surface area (Å²) >= 11 is 0. The second-order valence-electron chi connectivity index (χ2n) is 5.20. The molecule has 2 rings (SSSR count). The third kappa shape index (κ3) is 4.16. The van der Waals surface area contributed by atoms with Crippen LogP contribution in [0.2, 0.25) is 0 Å². The molecule has 0 spiro atoms. The zero-order chi connectivity index (χ0) is 15.5. The molecule has 1 aromatic carbocycles. The van der Waals surface area contributed by atoms with Gasteiger partial charge in [-0.15, -0.1) is 0 Å². The largest absolute Gasteiger partial charge is 0.482 e. The van der Waals surface area contributed by atoms with Gasteiger partial charge >= 0.3 is 0 Å². The van der Waals surface area contributed by atoms with Crippen LogP contribution in [0.25, 0.3) is 0 Å². The zero-order valence-electron chi connectivity index (χ0n) is 12.1. The highest BCUT2D eigenvalue weighted by Crippen LogP contribution is 2.29. The molecule has 0 aromatic heterocycles. The lowest BCUT2D eigenvalue weighted by atomic mass is 10.2. The molecule has 3 N–H and O–H groups in total. The highest BCUT2D eigenvalue weighted by molar-refractivity contribution is 7.89. The van der Waals surface area contributed by atoms with Crippen LogP contribution in [0.15, 0.2) is 23.1 Å². The SMILES string of the molecule is C[NH+](C)CCCNS(=O)(=O)c1ccc2c(c1)NC(=O)CO2. The number of fused-ring (bicyclic) bond motifs is 1. The number of carbonyl (C=O) groups is 1. The van der Waals surface area contributed by atoms with Gasteiger partial charge in [-0.2, -0.15) is 0 Å². The average Bonchev–Trinajstić information content (AvgIpc) is 2.42. The standard InChI is InChI=1S/C13H19N3O4S/c1-16(2)7-3-6-14-21(18,19)10-4-5-12-11(8-10)15-13(17)9-20-12/h4-5,8,14H,3,6-7,9H2,1-2H3,(H,15,17)/p+1. The Morgan fingerprint density at radius 3 is 2.86 bits per heavy atom. The number of benzene rings is 1. The van der Waals surface area contributed by atoms with Gasteiger partial charge in [0.25, 0.3) is 5.91 Å². The highest BCUT2D eigenvalue weighted by atomic mass is 32.2. The van der Waals surface area contributed by atoms with E-state index >= 15 is 0 Å². The van der Waals surface area contributed by atoms with Crippen molar-refractivity contribution >= 4 is 21.6 Å². The number of carbonyl (C=O) groups excluding carboxylic acids is 1. The number of anilines is 1. The lowest BCUT2D eigenvalue weighted by Gasteiger charge is -2.18. The fourth-order valence-electron chi connectivity index (χ4n) is 1.96. The summed E-state index contributed by atoms with van der Waals surface area (Å²) in [7, 11) is 0.454. The van der Waals surface area contributed by atoms with Crippen LogP contribution in [0.3, 0.4) is 0 Å². The van der Waals surface area contributed by atoms with Crippen LogP contribution in [0.4, 0.5) is 5.69 Å². The summed E-state index contributed by atoms with van der Waals surface area (Å²) in [6.07, 6.45) is 0.756. The summed E-state index contributed by atoms with van der Waals surface area (Å²) in [6.45, 7) is 1.22. The minimum Gasteiger partial charge on any atom is -0.482 e. The summed E-state index contributed by atoms with van der Waals surface area (Å²) in [5.41, 5.74) is 0.381. The van der Waals surface area contributed by atoms with Crippen LogP contribution in [0, 0.1) is 0 Å². The maximum absolute atomic E-state index is 12.2. The van der Waals surface area contributed by atoms with Crippen molar-refractivity contribution in [3.05, 3.63) is 18.2 Å². The number of hydrogen-bond acceptors (Lipinski definition) is 4. The molecule has 0 fully saturated rings. The van der Waals surface area contributed by atoms with Crippen LogP contribution in [-0.4, -0.2) is 48.1 Å². The second kappa shape index (κ2) is 6.42. The van der Waals surface area contributed by atoms with Gasteiger partial charge in [0.2, 0.25) is 10.0 Å². The van der Waals surface area contributed by atoms with Gasteiger partial charge in [0.1, 0.15) is 5.75 Å². The van der Waals surface area contributed by atoms with Gasteiger partial charge in [-0.1, -0.05) is 0 Å². The highest BCUT2D eigenvalue weighted by Gasteiger charge is 2.20. The molecule has 8 heteroatoms. The summed E-state index contributed by atoms with van der Waals surface area (Å²) in [6, 6.07) is 4.43. The van der Waals surface area contributed by atoms with Crippen LogP contribution >= 0.6 is 0 Å². The van der Waals surface area contributed by atoms with Crippen molar-refractivity contribution in [1.29, 1.82) is 0 Å². The number of sulfonamides is 1. The van der Waals surface area contributed by atoms with E-state index in [-0.39, 0.29) is 17.4 Å². The van der Waals surface area contributed by atoms with E-state index in [1.54, 1.807) is 6.07 Å². The molecule has 21 heavy (non-hydrogen) atoms. The van der Waals surface area contributed by atoms with E-state index in [9.17, 15) is 13.2 Å². The van der Waals surface area contributed by atoms with E-state index in [1.165, 1.54) is 17.0 Å². The van der Waals surface area contributed by atoms with Crippen molar-refractivity contribution in [2.45, 2.75) is 11.3 Å². The fraction of sp³-hybridized carbons (Fsp3) is 0.462. The lowest BCUT2D eigenvalue weighted by molar-refractivity contribution is -0.858. The number of hydrogen-bond donors (Lipinski definition) is 3. The number of rotatable bonds is 6. The van der Waals surface area contributed by atoms with Gasteiger partial charge < -0.3 is 15.0 Å². The zero-order valence-corrected chi connectivity index (χ0v) is 12.9. The smallest absolute Gasteiger partial charge is 0.262 e. The fourth-order valence-corrected chi connectivity index (χ4v) is 3.06. The van der Waals surface area contributed by atoms with Crippen LogP contribution in [-0.2, 0) is 14.8 Å². The minimum absolute atomic E-state index is 0.0514. The summed E-state index contributed by atoms with van der Waals surface area (Å²) in [5.74, 6) is 0.184. The monoisotopic (exact) mass is 314 g/mol. The van der Waals surface area contributed by atoms with Gasteiger partial charge in [-0.3, -0.25) is 4.79 Å². The van der Waals surface area contributed by atoms with Crippen molar-refractivity contribution in [3.8, 4) is 5.75 Å². The van der Waals surface area contributed by atoms with Gasteiger partial charge in [0.05, 0.1) is 31.2 Å². The van der Waals surface area contributed by atoms with Gasteiger partial charge in [-0.25, -0.2) is 13.1 Å². The Labute approximate surface area is 124 Å². The van der Waals surface area contributed by atoms with Crippen LogP contribution < -0.4 is 19.7 Å². The molecule has 0 saturated heterocycles. The molecule has 0 saturated carbocycles. The first-order chi connectivity index (χ1) is 9.88. The molecule has 116 valence electrons. The minimum atomic E-state index is -3.58. The first-order valence-corrected chi connectivity index (χ1v) is 8.22. The maximum atomic E-state index is 12.2. The molecule has 1 aliphatic rings. The van der Waals surface area contributed by atoms with E-state index in [4.69, 9.17) is 4.74 Å². The molecule has 0 atom stereocenters. The van der Waals surface area contributed by atoms with Crippen molar-refractivity contribution in [2.75, 3.05) is 39.1 Å². The first-order valence-electron chi connectivity index (χ1n) is 6.74. The predicted octanol–water partition coefficient (Wildman–Crippen LogP) is -1.17. The molecule has 0 aliphatic carbocycles. The Morgan fingerprint density at radius 1 is 1.38 bits per heavy atom. The molecule has 0 bridgehead atoms. The van der Waals surface area contributed by atoms with E-state index in [0.717, 1.165) is 13.0 Å². The Morgan fingerprint density at radius 2 is 2.14 bits per heavy atom. The van der Waals surface area contributed by atoms with Gasteiger partial charge in [0.15, 0.2) is 6.61 Å². The molecule has 1 heterocycles. The van der Waals surface area contributed by atoms with E-state index in [2.05, 4.69) is 10.0 Å². The Bertz CT molecular complexity index is 628. The predicted molar refractivity (Wildman–Crippen MR) is 78.0 cm³/mol. The van der Waals surface area contributed by atoms with Crippen molar-refractivity contribution in [2.24, 2.45) is 0 Å². The molecule has 7 nitrogen and oxygen atoms in total. The van der Waals surface area contributed by atoms with Gasteiger partial charge in [-0.05, 0) is 18.2 Å². The number of ether oxygens (including phenoxy) is 1.